The Labute approximate surface area is 231 Å². The third kappa shape index (κ3) is 3.29. The van der Waals surface area contributed by atoms with Crippen LogP contribution in [0.3, 0.4) is 0 Å². The van der Waals surface area contributed by atoms with Crippen LogP contribution in [-0.2, 0) is 10.2 Å². The van der Waals surface area contributed by atoms with Gasteiger partial charge in [0.1, 0.15) is 17.3 Å². The van der Waals surface area contributed by atoms with Crippen LogP contribution in [0.25, 0.3) is 6.08 Å². The largest absolute Gasteiger partial charge is 0.358 e. The minimum Gasteiger partial charge on any atom is -0.358 e. The second-order valence-corrected chi connectivity index (χ2v) is 10.7. The molecule has 7 rings (SSSR count). The van der Waals surface area contributed by atoms with Crippen molar-refractivity contribution >= 4 is 29.2 Å². The van der Waals surface area contributed by atoms with E-state index in [1.807, 2.05) is 84.8 Å². The number of rotatable bonds is 4. The van der Waals surface area contributed by atoms with Crippen molar-refractivity contribution in [1.29, 1.82) is 0 Å². The SMILES string of the molecule is Cc1ccc(C(=O)C2C(C(=O)c3ccc(F)cc3)C3(C(=O)Nc4ccccc43)C3c4ccccc4C=CN23)cc1. The van der Waals surface area contributed by atoms with E-state index >= 15 is 0 Å². The summed E-state index contributed by atoms with van der Waals surface area (Å²) in [6, 6.07) is 26.2. The predicted octanol–water partition coefficient (Wildman–Crippen LogP) is 6.12. The van der Waals surface area contributed by atoms with Gasteiger partial charge in [-0.3, -0.25) is 14.4 Å². The summed E-state index contributed by atoms with van der Waals surface area (Å²) < 4.78 is 13.9. The first-order chi connectivity index (χ1) is 19.4. The van der Waals surface area contributed by atoms with Crippen LogP contribution >= 0.6 is 0 Å². The summed E-state index contributed by atoms with van der Waals surface area (Å²) in [6.07, 6.45) is 3.77. The highest BCUT2D eigenvalue weighted by atomic mass is 19.1. The quantitative estimate of drug-likeness (QED) is 0.324. The Morgan fingerprint density at radius 3 is 2.25 bits per heavy atom. The molecule has 4 aromatic rings. The number of Topliss-reactive ketones (excluding diaryl/α,β-unsaturated/α-hetero) is 2. The van der Waals surface area contributed by atoms with Gasteiger partial charge >= 0.3 is 0 Å². The number of aryl methyl sites for hydroxylation is 1. The molecule has 3 aliphatic rings. The van der Waals surface area contributed by atoms with Gasteiger partial charge in [0.25, 0.3) is 0 Å². The van der Waals surface area contributed by atoms with Crippen LogP contribution in [0.2, 0.25) is 0 Å². The van der Waals surface area contributed by atoms with Crippen molar-refractivity contribution in [2.75, 3.05) is 5.32 Å². The molecule has 0 aromatic heterocycles. The summed E-state index contributed by atoms with van der Waals surface area (Å²) in [5.74, 6) is -2.51. The Hall–Kier alpha value is -4.84. The molecule has 3 heterocycles. The molecule has 0 aliphatic carbocycles. The number of ketones is 2. The van der Waals surface area contributed by atoms with Crippen molar-refractivity contribution in [2.45, 2.75) is 24.4 Å². The number of amides is 1. The first-order valence-electron chi connectivity index (χ1n) is 13.3. The van der Waals surface area contributed by atoms with Crippen molar-refractivity contribution < 1.29 is 18.8 Å². The van der Waals surface area contributed by atoms with Crippen molar-refractivity contribution in [2.24, 2.45) is 5.92 Å². The van der Waals surface area contributed by atoms with E-state index in [4.69, 9.17) is 0 Å². The van der Waals surface area contributed by atoms with Crippen LogP contribution in [0.4, 0.5) is 10.1 Å². The number of carbonyl (C=O) groups is 3. The lowest BCUT2D eigenvalue weighted by atomic mass is 9.62. The van der Waals surface area contributed by atoms with Crippen LogP contribution in [0.15, 0.2) is 103 Å². The Balaban J connectivity index is 1.53. The van der Waals surface area contributed by atoms with Gasteiger partial charge in [-0.2, -0.15) is 0 Å². The summed E-state index contributed by atoms with van der Waals surface area (Å²) in [4.78, 5) is 45.4. The monoisotopic (exact) mass is 528 g/mol. The summed E-state index contributed by atoms with van der Waals surface area (Å²) in [6.45, 7) is 1.94. The molecular weight excluding hydrogens is 503 g/mol. The molecule has 0 saturated carbocycles. The second kappa shape index (κ2) is 8.85. The van der Waals surface area contributed by atoms with Gasteiger partial charge in [0, 0.05) is 23.0 Å². The fraction of sp³-hybridized carbons (Fsp3) is 0.147. The average Bonchev–Trinajstić information content (AvgIpc) is 3.45. The number of hydrogen-bond donors (Lipinski definition) is 1. The van der Waals surface area contributed by atoms with Crippen LogP contribution in [0.1, 0.15) is 49.0 Å². The number of benzene rings is 4. The molecule has 1 amide bonds. The zero-order valence-corrected chi connectivity index (χ0v) is 21.7. The Kier molecular flexibility index (Phi) is 5.36. The van der Waals surface area contributed by atoms with Crippen LogP contribution < -0.4 is 5.32 Å². The molecule has 1 fully saturated rings. The second-order valence-electron chi connectivity index (χ2n) is 10.7. The van der Waals surface area contributed by atoms with Gasteiger partial charge in [0.2, 0.25) is 5.91 Å². The fourth-order valence-electron chi connectivity index (χ4n) is 6.85. The Morgan fingerprint density at radius 1 is 0.825 bits per heavy atom. The molecule has 196 valence electrons. The van der Waals surface area contributed by atoms with E-state index in [9.17, 15) is 18.8 Å². The Bertz CT molecular complexity index is 1730. The molecule has 4 aromatic carbocycles. The van der Waals surface area contributed by atoms with Crippen molar-refractivity contribution in [1.82, 2.24) is 4.90 Å². The summed E-state index contributed by atoms with van der Waals surface area (Å²) in [5, 5.41) is 3.03. The highest BCUT2D eigenvalue weighted by molar-refractivity contribution is 6.16. The molecule has 0 bridgehead atoms. The lowest BCUT2D eigenvalue weighted by Crippen LogP contribution is -2.49. The Morgan fingerprint density at radius 2 is 1.48 bits per heavy atom. The molecule has 1 saturated heterocycles. The molecule has 6 heteroatoms. The van der Waals surface area contributed by atoms with E-state index in [1.54, 1.807) is 12.1 Å². The van der Waals surface area contributed by atoms with Crippen LogP contribution in [0.5, 0.6) is 0 Å². The molecule has 40 heavy (non-hydrogen) atoms. The molecular formula is C34H25FN2O3. The van der Waals surface area contributed by atoms with E-state index < -0.39 is 29.2 Å². The minimum absolute atomic E-state index is 0.247. The average molecular weight is 529 g/mol. The van der Waals surface area contributed by atoms with Crippen LogP contribution in [0, 0.1) is 18.7 Å². The van der Waals surface area contributed by atoms with Gasteiger partial charge in [0.05, 0.1) is 12.0 Å². The van der Waals surface area contributed by atoms with Gasteiger partial charge < -0.3 is 10.2 Å². The van der Waals surface area contributed by atoms with Crippen molar-refractivity contribution in [3.63, 3.8) is 0 Å². The maximum atomic E-state index is 14.6. The molecule has 1 spiro atoms. The van der Waals surface area contributed by atoms with Gasteiger partial charge in [-0.05, 0) is 60.0 Å². The number of hydrogen-bond acceptors (Lipinski definition) is 4. The van der Waals surface area contributed by atoms with Gasteiger partial charge in [-0.25, -0.2) is 4.39 Å². The predicted molar refractivity (Wildman–Crippen MR) is 150 cm³/mol. The first-order valence-corrected chi connectivity index (χ1v) is 13.3. The van der Waals surface area contributed by atoms with Gasteiger partial charge in [-0.1, -0.05) is 72.3 Å². The van der Waals surface area contributed by atoms with E-state index in [-0.39, 0.29) is 23.0 Å². The number of nitrogens with one attached hydrogen (secondary N) is 1. The topological polar surface area (TPSA) is 66.5 Å². The standard InChI is InChI=1S/C34H25FN2O3/c1-20-10-12-23(13-11-20)31(39)29-28(30(38)22-14-16-24(35)17-15-22)34(26-8-4-5-9-27(26)36-33(34)40)32-25-7-3-2-6-21(25)18-19-37(29)32/h2-19,28-29,32H,1H3,(H,36,40). The zero-order chi connectivity index (χ0) is 27.6. The number of para-hydroxylation sites is 1. The van der Waals surface area contributed by atoms with Gasteiger partial charge in [-0.15, -0.1) is 0 Å². The smallest absolute Gasteiger partial charge is 0.238 e. The summed E-state index contributed by atoms with van der Waals surface area (Å²) >= 11 is 0. The number of carbonyl (C=O) groups excluding carboxylic acids is 3. The normalized spacial score (nSPS) is 23.9. The third-order valence-electron chi connectivity index (χ3n) is 8.59. The molecule has 3 aliphatic heterocycles. The molecule has 4 unspecified atom stereocenters. The van der Waals surface area contributed by atoms with E-state index in [2.05, 4.69) is 5.32 Å². The lowest BCUT2D eigenvalue weighted by molar-refractivity contribution is -0.122. The fourth-order valence-corrected chi connectivity index (χ4v) is 6.85. The zero-order valence-electron chi connectivity index (χ0n) is 21.7. The number of halogens is 1. The van der Waals surface area contributed by atoms with E-state index in [0.717, 1.165) is 16.7 Å². The molecule has 5 nitrogen and oxygen atoms in total. The van der Waals surface area contributed by atoms with Gasteiger partial charge in [0.15, 0.2) is 11.6 Å². The maximum Gasteiger partial charge on any atom is 0.238 e. The number of nitrogens with zero attached hydrogens (tertiary/aromatic N) is 1. The third-order valence-corrected chi connectivity index (χ3v) is 8.59. The first kappa shape index (κ1) is 24.2. The lowest BCUT2D eigenvalue weighted by Gasteiger charge is -2.38. The van der Waals surface area contributed by atoms with E-state index in [0.29, 0.717) is 16.8 Å². The maximum absolute atomic E-state index is 14.6. The van der Waals surface area contributed by atoms with Crippen molar-refractivity contribution in [3.05, 3.63) is 142 Å². The van der Waals surface area contributed by atoms with Crippen LogP contribution in [-0.4, -0.2) is 28.4 Å². The highest BCUT2D eigenvalue weighted by Gasteiger charge is 2.70. The molecule has 4 atom stereocenters. The number of fused-ring (bicyclic) bond motifs is 6. The highest BCUT2D eigenvalue weighted by Crippen LogP contribution is 2.62. The van der Waals surface area contributed by atoms with E-state index in [1.165, 1.54) is 24.3 Å². The summed E-state index contributed by atoms with van der Waals surface area (Å²) in [5.41, 5.74) is 3.41. The summed E-state index contributed by atoms with van der Waals surface area (Å²) in [7, 11) is 0. The number of anilines is 1. The van der Waals surface area contributed by atoms with Crippen molar-refractivity contribution in [3.8, 4) is 0 Å². The minimum atomic E-state index is -1.41. The molecule has 0 radical (unpaired) electrons. The molecule has 1 N–H and O–H groups in total.